The maximum atomic E-state index is 10.7. The van der Waals surface area contributed by atoms with E-state index in [9.17, 15) is 4.79 Å². The molecule has 0 bridgehead atoms. The predicted molar refractivity (Wildman–Crippen MR) is 52.6 cm³/mol. The lowest BCUT2D eigenvalue weighted by Gasteiger charge is -1.97. The average molecular weight is 198 g/mol. The minimum Gasteiger partial charge on any atom is -0.478 e. The number of hydrogen-bond donors (Lipinski definition) is 2. The quantitative estimate of drug-likeness (QED) is 0.706. The van der Waals surface area contributed by atoms with Gasteiger partial charge < -0.3 is 10.8 Å². The van der Waals surface area contributed by atoms with Crippen LogP contribution in [0.1, 0.15) is 17.5 Å². The highest BCUT2D eigenvalue weighted by Crippen LogP contribution is 2.25. The number of carboxylic acid groups (broad SMARTS) is 1. The van der Waals surface area contributed by atoms with E-state index in [1.54, 1.807) is 13.8 Å². The van der Waals surface area contributed by atoms with E-state index in [-0.39, 0.29) is 5.57 Å². The number of aryl methyl sites for hydroxylation is 1. The smallest absolute Gasteiger partial charge is 0.337 e. The van der Waals surface area contributed by atoms with Gasteiger partial charge in [-0.3, -0.25) is 0 Å². The van der Waals surface area contributed by atoms with Gasteiger partial charge in [0, 0.05) is 4.88 Å². The molecule has 4 nitrogen and oxygen atoms in total. The summed E-state index contributed by atoms with van der Waals surface area (Å²) in [6.07, 6.45) is 1.52. The molecule has 70 valence electrons. The van der Waals surface area contributed by atoms with Crippen LogP contribution in [0.2, 0.25) is 0 Å². The molecule has 0 saturated carbocycles. The zero-order valence-corrected chi connectivity index (χ0v) is 8.18. The number of nitrogen functional groups attached to an aromatic ring is 1. The van der Waals surface area contributed by atoms with Gasteiger partial charge in [-0.25, -0.2) is 9.78 Å². The normalized spacial score (nSPS) is 11.7. The van der Waals surface area contributed by atoms with Crippen molar-refractivity contribution in [2.75, 3.05) is 5.73 Å². The molecular weight excluding hydrogens is 188 g/mol. The van der Waals surface area contributed by atoms with Crippen LogP contribution in [0.4, 0.5) is 5.13 Å². The summed E-state index contributed by atoms with van der Waals surface area (Å²) in [6, 6.07) is 0. The second kappa shape index (κ2) is 3.57. The molecule has 0 unspecified atom stereocenters. The van der Waals surface area contributed by atoms with Crippen LogP contribution in [0, 0.1) is 6.92 Å². The Morgan fingerprint density at radius 1 is 1.69 bits per heavy atom. The highest BCUT2D eigenvalue weighted by Gasteiger charge is 2.15. The Bertz CT molecular complexity index is 368. The van der Waals surface area contributed by atoms with Crippen LogP contribution in [0.15, 0.2) is 6.08 Å². The Morgan fingerprint density at radius 3 is 2.62 bits per heavy atom. The fourth-order valence-electron chi connectivity index (χ4n) is 1.03. The number of thiazole rings is 1. The number of anilines is 1. The summed E-state index contributed by atoms with van der Waals surface area (Å²) in [7, 11) is 0. The molecule has 0 amide bonds. The summed E-state index contributed by atoms with van der Waals surface area (Å²) >= 11 is 1.29. The van der Waals surface area contributed by atoms with Crippen molar-refractivity contribution in [3.63, 3.8) is 0 Å². The van der Waals surface area contributed by atoms with Crippen molar-refractivity contribution < 1.29 is 9.90 Å². The maximum absolute atomic E-state index is 10.7. The van der Waals surface area contributed by atoms with Crippen LogP contribution in [-0.2, 0) is 4.79 Å². The summed E-state index contributed by atoms with van der Waals surface area (Å²) in [5.74, 6) is -0.976. The summed E-state index contributed by atoms with van der Waals surface area (Å²) in [5.41, 5.74) is 6.13. The zero-order valence-electron chi connectivity index (χ0n) is 7.37. The van der Waals surface area contributed by atoms with Crippen LogP contribution >= 0.6 is 11.3 Å². The molecule has 13 heavy (non-hydrogen) atoms. The monoisotopic (exact) mass is 198 g/mol. The lowest BCUT2D eigenvalue weighted by atomic mass is 10.1. The third-order valence-corrected chi connectivity index (χ3v) is 2.39. The Morgan fingerprint density at radius 2 is 2.31 bits per heavy atom. The number of aromatic nitrogens is 1. The van der Waals surface area contributed by atoms with Crippen LogP contribution in [0.25, 0.3) is 5.57 Å². The summed E-state index contributed by atoms with van der Waals surface area (Å²) in [5, 5.41) is 9.21. The molecule has 0 saturated heterocycles. The van der Waals surface area contributed by atoms with Crippen molar-refractivity contribution >= 4 is 28.0 Å². The molecule has 0 fully saturated rings. The summed E-state index contributed by atoms with van der Waals surface area (Å²) in [4.78, 5) is 15.5. The van der Waals surface area contributed by atoms with Gasteiger partial charge in [0.1, 0.15) is 0 Å². The van der Waals surface area contributed by atoms with E-state index in [0.29, 0.717) is 10.8 Å². The van der Waals surface area contributed by atoms with E-state index < -0.39 is 5.97 Å². The number of hydrogen-bond acceptors (Lipinski definition) is 4. The van der Waals surface area contributed by atoms with Crippen molar-refractivity contribution in [1.82, 2.24) is 4.98 Å². The number of carboxylic acids is 1. The number of nitrogens with zero attached hydrogens (tertiary/aromatic N) is 1. The Labute approximate surface area is 79.7 Å². The Hall–Kier alpha value is -1.36. The molecule has 5 heteroatoms. The van der Waals surface area contributed by atoms with Crippen LogP contribution in [0.5, 0.6) is 0 Å². The van der Waals surface area contributed by atoms with Crippen molar-refractivity contribution in [3.05, 3.63) is 16.6 Å². The van der Waals surface area contributed by atoms with E-state index in [0.717, 1.165) is 4.88 Å². The number of allylic oxidation sites excluding steroid dienone is 1. The highest BCUT2D eigenvalue weighted by molar-refractivity contribution is 7.15. The molecule has 0 aliphatic carbocycles. The molecule has 0 radical (unpaired) electrons. The van der Waals surface area contributed by atoms with Crippen molar-refractivity contribution in [1.29, 1.82) is 0 Å². The SMILES string of the molecule is CC=C(C(=O)O)c1nc(N)sc1C. The molecule has 0 atom stereocenters. The van der Waals surface area contributed by atoms with Gasteiger partial charge in [0.2, 0.25) is 0 Å². The Balaban J connectivity index is 3.20. The lowest BCUT2D eigenvalue weighted by molar-refractivity contribution is -0.130. The molecule has 0 spiro atoms. The molecule has 0 aliphatic rings. The molecular formula is C8H10N2O2S. The van der Waals surface area contributed by atoms with Crippen LogP contribution in [0.3, 0.4) is 0 Å². The molecule has 1 aromatic heterocycles. The van der Waals surface area contributed by atoms with Crippen LogP contribution < -0.4 is 5.73 Å². The van der Waals surface area contributed by atoms with Gasteiger partial charge in [0.25, 0.3) is 0 Å². The largest absolute Gasteiger partial charge is 0.478 e. The number of carbonyl (C=O) groups is 1. The minimum atomic E-state index is -0.976. The third-order valence-electron chi connectivity index (χ3n) is 1.59. The minimum absolute atomic E-state index is 0.199. The summed E-state index contributed by atoms with van der Waals surface area (Å²) in [6.45, 7) is 3.47. The topological polar surface area (TPSA) is 76.2 Å². The first-order valence-electron chi connectivity index (χ1n) is 3.69. The fourth-order valence-corrected chi connectivity index (χ4v) is 1.73. The second-order valence-corrected chi connectivity index (χ2v) is 3.70. The van der Waals surface area contributed by atoms with Crippen molar-refractivity contribution in [2.24, 2.45) is 0 Å². The van der Waals surface area contributed by atoms with Gasteiger partial charge in [-0.2, -0.15) is 0 Å². The van der Waals surface area contributed by atoms with E-state index in [1.807, 2.05) is 0 Å². The predicted octanol–water partition coefficient (Wildman–Crippen LogP) is 1.52. The van der Waals surface area contributed by atoms with Gasteiger partial charge in [-0.05, 0) is 13.8 Å². The Kier molecular flexibility index (Phi) is 2.67. The van der Waals surface area contributed by atoms with Gasteiger partial charge in [-0.1, -0.05) is 6.08 Å². The first-order valence-corrected chi connectivity index (χ1v) is 4.50. The van der Waals surface area contributed by atoms with Gasteiger partial charge >= 0.3 is 5.97 Å². The number of aliphatic carboxylic acids is 1. The van der Waals surface area contributed by atoms with Crippen molar-refractivity contribution in [2.45, 2.75) is 13.8 Å². The fraction of sp³-hybridized carbons (Fsp3) is 0.250. The van der Waals surface area contributed by atoms with E-state index >= 15 is 0 Å². The molecule has 3 N–H and O–H groups in total. The standard InChI is InChI=1S/C8H10N2O2S/c1-3-5(7(11)12)6-4(2)13-8(9)10-6/h3H,1-2H3,(H2,9,10)(H,11,12). The number of rotatable bonds is 2. The lowest BCUT2D eigenvalue weighted by Crippen LogP contribution is -2.01. The van der Waals surface area contributed by atoms with E-state index in [4.69, 9.17) is 10.8 Å². The zero-order chi connectivity index (χ0) is 10.0. The molecule has 0 aliphatic heterocycles. The first kappa shape index (κ1) is 9.73. The second-order valence-electron chi connectivity index (χ2n) is 2.46. The molecule has 1 aromatic rings. The third kappa shape index (κ3) is 1.86. The van der Waals surface area contributed by atoms with Crippen LogP contribution in [-0.4, -0.2) is 16.1 Å². The van der Waals surface area contributed by atoms with Gasteiger partial charge in [-0.15, -0.1) is 11.3 Å². The van der Waals surface area contributed by atoms with E-state index in [2.05, 4.69) is 4.98 Å². The van der Waals surface area contributed by atoms with Crippen molar-refractivity contribution in [3.8, 4) is 0 Å². The van der Waals surface area contributed by atoms with E-state index in [1.165, 1.54) is 17.4 Å². The van der Waals surface area contributed by atoms with Gasteiger partial charge in [0.15, 0.2) is 5.13 Å². The molecule has 1 heterocycles. The average Bonchev–Trinajstić information content (AvgIpc) is 2.31. The number of nitrogens with two attached hydrogens (primary N) is 1. The highest BCUT2D eigenvalue weighted by atomic mass is 32.1. The molecule has 0 aromatic carbocycles. The molecule has 1 rings (SSSR count). The first-order chi connectivity index (χ1) is 6.06. The van der Waals surface area contributed by atoms with Gasteiger partial charge in [0.05, 0.1) is 11.3 Å². The summed E-state index contributed by atoms with van der Waals surface area (Å²) < 4.78 is 0. The maximum Gasteiger partial charge on any atom is 0.337 e.